The van der Waals surface area contributed by atoms with E-state index in [1.54, 1.807) is 6.92 Å². The molecule has 5 nitrogen and oxygen atoms in total. The van der Waals surface area contributed by atoms with Gasteiger partial charge in [0.25, 0.3) is 0 Å². The van der Waals surface area contributed by atoms with Crippen LogP contribution in [0.4, 0.5) is 4.39 Å². The number of halogens is 1. The van der Waals surface area contributed by atoms with Gasteiger partial charge in [-0.05, 0) is 60.4 Å². The Morgan fingerprint density at radius 2 is 1.87 bits per heavy atom. The average molecular weight is 428 g/mol. The van der Waals surface area contributed by atoms with Crippen molar-refractivity contribution in [3.8, 4) is 0 Å². The van der Waals surface area contributed by atoms with Crippen LogP contribution in [0.3, 0.4) is 0 Å². The van der Waals surface area contributed by atoms with Crippen molar-refractivity contribution in [2.75, 3.05) is 13.1 Å². The topological polar surface area (TPSA) is 54.3 Å². The maximum absolute atomic E-state index is 13.6. The molecule has 1 unspecified atom stereocenters. The SMILES string of the molecule is Cc1cc(S(=O)(=O)NCC(c2cccn2C)N2CCc3ccccc3C2)ccc1F. The lowest BCUT2D eigenvalue weighted by atomic mass is 9.98. The molecular formula is C23H26FN3O2S. The second kappa shape index (κ2) is 8.34. The molecule has 1 atom stereocenters. The molecule has 0 bridgehead atoms. The minimum atomic E-state index is -3.75. The number of hydrogen-bond acceptors (Lipinski definition) is 3. The molecule has 1 aliphatic rings. The fourth-order valence-corrected chi connectivity index (χ4v) is 5.20. The fourth-order valence-electron chi connectivity index (χ4n) is 4.08. The Hall–Kier alpha value is -2.48. The molecule has 0 radical (unpaired) electrons. The van der Waals surface area contributed by atoms with Gasteiger partial charge in [0, 0.05) is 38.6 Å². The largest absolute Gasteiger partial charge is 0.353 e. The maximum atomic E-state index is 13.6. The van der Waals surface area contributed by atoms with Crippen LogP contribution in [-0.2, 0) is 30.0 Å². The highest BCUT2D eigenvalue weighted by molar-refractivity contribution is 7.89. The molecule has 1 N–H and O–H groups in total. The summed E-state index contributed by atoms with van der Waals surface area (Å²) in [6, 6.07) is 16.1. The Kier molecular flexibility index (Phi) is 5.77. The van der Waals surface area contributed by atoms with Gasteiger partial charge in [-0.25, -0.2) is 17.5 Å². The number of nitrogens with one attached hydrogen (secondary N) is 1. The van der Waals surface area contributed by atoms with Gasteiger partial charge < -0.3 is 4.57 Å². The monoisotopic (exact) mass is 427 g/mol. The summed E-state index contributed by atoms with van der Waals surface area (Å²) in [7, 11) is -1.78. The summed E-state index contributed by atoms with van der Waals surface area (Å²) in [5, 5.41) is 0. The highest BCUT2D eigenvalue weighted by atomic mass is 32.2. The van der Waals surface area contributed by atoms with Crippen molar-refractivity contribution in [1.82, 2.24) is 14.2 Å². The highest BCUT2D eigenvalue weighted by Crippen LogP contribution is 2.28. The van der Waals surface area contributed by atoms with Crippen molar-refractivity contribution in [1.29, 1.82) is 0 Å². The van der Waals surface area contributed by atoms with E-state index in [2.05, 4.69) is 27.8 Å². The van der Waals surface area contributed by atoms with E-state index in [1.807, 2.05) is 36.0 Å². The lowest BCUT2D eigenvalue weighted by Crippen LogP contribution is -2.41. The quantitative estimate of drug-likeness (QED) is 0.655. The first kappa shape index (κ1) is 20.8. The van der Waals surface area contributed by atoms with Gasteiger partial charge in [-0.1, -0.05) is 24.3 Å². The van der Waals surface area contributed by atoms with E-state index in [1.165, 1.54) is 29.3 Å². The molecule has 1 aliphatic heterocycles. The zero-order valence-electron chi connectivity index (χ0n) is 17.2. The molecule has 2 heterocycles. The summed E-state index contributed by atoms with van der Waals surface area (Å²) in [5.41, 5.74) is 3.98. The number of nitrogens with zero attached hydrogens (tertiary/aromatic N) is 2. The van der Waals surface area contributed by atoms with Crippen molar-refractivity contribution in [3.63, 3.8) is 0 Å². The molecule has 0 aliphatic carbocycles. The smallest absolute Gasteiger partial charge is 0.240 e. The van der Waals surface area contributed by atoms with E-state index in [9.17, 15) is 12.8 Å². The Balaban J connectivity index is 1.58. The van der Waals surface area contributed by atoms with Gasteiger partial charge in [-0.3, -0.25) is 4.90 Å². The first-order valence-electron chi connectivity index (χ1n) is 10.0. The van der Waals surface area contributed by atoms with E-state index >= 15 is 0 Å². The third kappa shape index (κ3) is 4.19. The fraction of sp³-hybridized carbons (Fsp3) is 0.304. The van der Waals surface area contributed by atoms with Gasteiger partial charge in [0.2, 0.25) is 10.0 Å². The van der Waals surface area contributed by atoms with E-state index < -0.39 is 15.8 Å². The Bertz CT molecular complexity index is 1160. The number of hydrogen-bond donors (Lipinski definition) is 1. The highest BCUT2D eigenvalue weighted by Gasteiger charge is 2.28. The summed E-state index contributed by atoms with van der Waals surface area (Å²) in [4.78, 5) is 2.40. The van der Waals surface area contributed by atoms with E-state index in [0.717, 1.165) is 25.2 Å². The standard InChI is InChI=1S/C23H26FN3O2S/c1-17-14-20(9-10-21(17)24)30(28,29)25-15-23(22-8-5-12-26(22)2)27-13-11-18-6-3-4-7-19(18)16-27/h3-10,12,14,23,25H,11,13,15-16H2,1-2H3. The molecule has 2 aromatic carbocycles. The predicted octanol–water partition coefficient (Wildman–Crippen LogP) is 3.55. The van der Waals surface area contributed by atoms with Gasteiger partial charge in [-0.15, -0.1) is 0 Å². The van der Waals surface area contributed by atoms with Crippen LogP contribution in [0.25, 0.3) is 0 Å². The Morgan fingerprint density at radius 3 is 2.57 bits per heavy atom. The van der Waals surface area contributed by atoms with Crippen molar-refractivity contribution in [2.24, 2.45) is 7.05 Å². The molecule has 0 saturated heterocycles. The number of rotatable bonds is 6. The third-order valence-corrected chi connectivity index (χ3v) is 7.25. The number of aromatic nitrogens is 1. The maximum Gasteiger partial charge on any atom is 0.240 e. The van der Waals surface area contributed by atoms with Gasteiger partial charge in [0.15, 0.2) is 0 Å². The molecule has 1 aromatic heterocycles. The zero-order valence-corrected chi connectivity index (χ0v) is 18.0. The van der Waals surface area contributed by atoms with Crippen LogP contribution in [0, 0.1) is 12.7 Å². The van der Waals surface area contributed by atoms with Crippen LogP contribution < -0.4 is 4.72 Å². The summed E-state index contributed by atoms with van der Waals surface area (Å²) in [5.74, 6) is -0.414. The van der Waals surface area contributed by atoms with Gasteiger partial charge in [-0.2, -0.15) is 0 Å². The molecule has 0 saturated carbocycles. The molecule has 7 heteroatoms. The van der Waals surface area contributed by atoms with E-state index in [-0.39, 0.29) is 17.5 Å². The van der Waals surface area contributed by atoms with Crippen LogP contribution in [0.5, 0.6) is 0 Å². The zero-order chi connectivity index (χ0) is 21.3. The van der Waals surface area contributed by atoms with Crippen molar-refractivity contribution >= 4 is 10.0 Å². The number of aryl methyl sites for hydroxylation is 2. The molecule has 0 amide bonds. The van der Waals surface area contributed by atoms with Crippen LogP contribution in [0.2, 0.25) is 0 Å². The second-order valence-corrected chi connectivity index (χ2v) is 9.58. The molecule has 0 spiro atoms. The summed E-state index contributed by atoms with van der Waals surface area (Å²) in [6.45, 7) is 3.42. The van der Waals surface area contributed by atoms with Crippen molar-refractivity contribution in [2.45, 2.75) is 30.8 Å². The molecule has 3 aromatic rings. The lowest BCUT2D eigenvalue weighted by molar-refractivity contribution is 0.174. The van der Waals surface area contributed by atoms with Crippen LogP contribution in [-0.4, -0.2) is 31.0 Å². The second-order valence-electron chi connectivity index (χ2n) is 7.81. The molecule has 158 valence electrons. The summed E-state index contributed by atoms with van der Waals surface area (Å²) in [6.07, 6.45) is 2.90. The average Bonchev–Trinajstić information content (AvgIpc) is 3.15. The molecule has 30 heavy (non-hydrogen) atoms. The third-order valence-electron chi connectivity index (χ3n) is 5.83. The predicted molar refractivity (Wildman–Crippen MR) is 115 cm³/mol. The van der Waals surface area contributed by atoms with Crippen LogP contribution >= 0.6 is 0 Å². The Morgan fingerprint density at radius 1 is 1.10 bits per heavy atom. The van der Waals surface area contributed by atoms with Gasteiger partial charge >= 0.3 is 0 Å². The minimum absolute atomic E-state index is 0.0796. The lowest BCUT2D eigenvalue weighted by Gasteiger charge is -2.36. The number of benzene rings is 2. The Labute approximate surface area is 177 Å². The van der Waals surface area contributed by atoms with Crippen LogP contribution in [0.1, 0.15) is 28.4 Å². The normalized spacial score (nSPS) is 15.7. The number of fused-ring (bicyclic) bond motifs is 1. The summed E-state index contributed by atoms with van der Waals surface area (Å²) >= 11 is 0. The first-order chi connectivity index (χ1) is 14.3. The van der Waals surface area contributed by atoms with Crippen molar-refractivity contribution < 1.29 is 12.8 Å². The van der Waals surface area contributed by atoms with Crippen molar-refractivity contribution in [3.05, 3.63) is 89.0 Å². The van der Waals surface area contributed by atoms with E-state index in [0.29, 0.717) is 5.56 Å². The van der Waals surface area contributed by atoms with Gasteiger partial charge in [0.05, 0.1) is 10.9 Å². The molecule has 0 fully saturated rings. The van der Waals surface area contributed by atoms with E-state index in [4.69, 9.17) is 0 Å². The van der Waals surface area contributed by atoms with Gasteiger partial charge in [0.1, 0.15) is 5.82 Å². The molecule has 4 rings (SSSR count). The number of sulfonamides is 1. The summed E-state index contributed by atoms with van der Waals surface area (Å²) < 4.78 is 44.1. The minimum Gasteiger partial charge on any atom is -0.353 e. The first-order valence-corrected chi connectivity index (χ1v) is 11.5. The molecular weight excluding hydrogens is 401 g/mol. The van der Waals surface area contributed by atoms with Crippen LogP contribution in [0.15, 0.2) is 65.7 Å².